The third-order valence-corrected chi connectivity index (χ3v) is 4.24. The Labute approximate surface area is 147 Å². The van der Waals surface area contributed by atoms with Gasteiger partial charge in [0.1, 0.15) is 0 Å². The second kappa shape index (κ2) is 8.13. The lowest BCUT2D eigenvalue weighted by Crippen LogP contribution is -2.30. The molecule has 0 aliphatic rings. The van der Waals surface area contributed by atoms with Crippen molar-refractivity contribution < 1.29 is 14.3 Å². The summed E-state index contributed by atoms with van der Waals surface area (Å²) >= 11 is 9.23. The summed E-state index contributed by atoms with van der Waals surface area (Å²) in [4.78, 5) is 24.1. The van der Waals surface area contributed by atoms with Crippen LogP contribution in [0.1, 0.15) is 28.4 Å². The standard InChI is InChI=1S/C17H15BrClNO3/c1-23-16(21)10-15(11-6-8-12(19)9-7-11)20-17(22)13-4-2-3-5-14(13)18/h2-9,15H,10H2,1H3,(H,20,22). The Balaban J connectivity index is 2.23. The highest BCUT2D eigenvalue weighted by molar-refractivity contribution is 9.10. The summed E-state index contributed by atoms with van der Waals surface area (Å²) in [6.07, 6.45) is 0.0360. The van der Waals surface area contributed by atoms with E-state index in [0.717, 1.165) is 5.56 Å². The fourth-order valence-electron chi connectivity index (χ4n) is 2.08. The highest BCUT2D eigenvalue weighted by Gasteiger charge is 2.20. The van der Waals surface area contributed by atoms with Crippen LogP contribution in [-0.4, -0.2) is 19.0 Å². The van der Waals surface area contributed by atoms with Gasteiger partial charge in [-0.2, -0.15) is 0 Å². The second-order valence-corrected chi connectivity index (χ2v) is 6.13. The molecule has 120 valence electrons. The number of hydrogen-bond donors (Lipinski definition) is 1. The van der Waals surface area contributed by atoms with Crippen molar-refractivity contribution in [3.8, 4) is 0 Å². The maximum Gasteiger partial charge on any atom is 0.307 e. The Kier molecular flexibility index (Phi) is 6.19. The number of esters is 1. The molecule has 1 amide bonds. The molecule has 1 N–H and O–H groups in total. The van der Waals surface area contributed by atoms with E-state index in [1.165, 1.54) is 7.11 Å². The first-order valence-corrected chi connectivity index (χ1v) is 8.06. The van der Waals surface area contributed by atoms with Crippen molar-refractivity contribution in [3.63, 3.8) is 0 Å². The number of methoxy groups -OCH3 is 1. The summed E-state index contributed by atoms with van der Waals surface area (Å²) < 4.78 is 5.40. The predicted molar refractivity (Wildman–Crippen MR) is 92.4 cm³/mol. The first kappa shape index (κ1) is 17.5. The monoisotopic (exact) mass is 395 g/mol. The van der Waals surface area contributed by atoms with Crippen molar-refractivity contribution in [2.24, 2.45) is 0 Å². The quantitative estimate of drug-likeness (QED) is 0.773. The fraction of sp³-hybridized carbons (Fsp3) is 0.176. The van der Waals surface area contributed by atoms with Gasteiger partial charge < -0.3 is 10.1 Å². The van der Waals surface area contributed by atoms with Gasteiger partial charge in [-0.05, 0) is 45.8 Å². The number of amides is 1. The average Bonchev–Trinajstić information content (AvgIpc) is 2.55. The number of rotatable bonds is 5. The molecule has 1 atom stereocenters. The maximum absolute atomic E-state index is 12.5. The van der Waals surface area contributed by atoms with Gasteiger partial charge >= 0.3 is 5.97 Å². The molecule has 1 unspecified atom stereocenters. The summed E-state index contributed by atoms with van der Waals surface area (Å²) in [6.45, 7) is 0. The minimum Gasteiger partial charge on any atom is -0.469 e. The van der Waals surface area contributed by atoms with Crippen molar-refractivity contribution in [3.05, 3.63) is 69.2 Å². The number of halogens is 2. The van der Waals surface area contributed by atoms with E-state index in [1.807, 2.05) is 6.07 Å². The van der Waals surface area contributed by atoms with Gasteiger partial charge in [-0.15, -0.1) is 0 Å². The summed E-state index contributed by atoms with van der Waals surface area (Å²) in [6, 6.07) is 13.6. The van der Waals surface area contributed by atoms with E-state index in [4.69, 9.17) is 16.3 Å². The van der Waals surface area contributed by atoms with Gasteiger partial charge in [0, 0.05) is 9.50 Å². The van der Waals surface area contributed by atoms with Gasteiger partial charge in [-0.3, -0.25) is 9.59 Å². The lowest BCUT2D eigenvalue weighted by Gasteiger charge is -2.19. The predicted octanol–water partition coefficient (Wildman–Crippen LogP) is 4.14. The molecule has 2 aromatic rings. The minimum absolute atomic E-state index is 0.0360. The van der Waals surface area contributed by atoms with Crippen LogP contribution in [0.25, 0.3) is 0 Å². The van der Waals surface area contributed by atoms with Crippen LogP contribution in [0.2, 0.25) is 5.02 Å². The average molecular weight is 397 g/mol. The van der Waals surface area contributed by atoms with Gasteiger partial charge in [-0.25, -0.2) is 0 Å². The molecule has 6 heteroatoms. The number of carbonyl (C=O) groups is 2. The largest absolute Gasteiger partial charge is 0.469 e. The van der Waals surface area contributed by atoms with Crippen LogP contribution in [0.5, 0.6) is 0 Å². The number of hydrogen-bond acceptors (Lipinski definition) is 3. The van der Waals surface area contributed by atoms with Gasteiger partial charge in [0.25, 0.3) is 5.91 Å². The zero-order chi connectivity index (χ0) is 16.8. The number of benzene rings is 2. The van der Waals surface area contributed by atoms with E-state index in [1.54, 1.807) is 42.5 Å². The molecule has 0 aliphatic heterocycles. The van der Waals surface area contributed by atoms with E-state index < -0.39 is 12.0 Å². The highest BCUT2D eigenvalue weighted by Crippen LogP contribution is 2.22. The lowest BCUT2D eigenvalue weighted by atomic mass is 10.0. The van der Waals surface area contributed by atoms with E-state index in [2.05, 4.69) is 21.2 Å². The SMILES string of the molecule is COC(=O)CC(NC(=O)c1ccccc1Br)c1ccc(Cl)cc1. The number of ether oxygens (including phenoxy) is 1. The Morgan fingerprint density at radius 3 is 2.43 bits per heavy atom. The van der Waals surface area contributed by atoms with Crippen molar-refractivity contribution in [2.75, 3.05) is 7.11 Å². The third kappa shape index (κ3) is 4.81. The molecule has 0 heterocycles. The van der Waals surface area contributed by atoms with Crippen LogP contribution in [0.3, 0.4) is 0 Å². The van der Waals surface area contributed by atoms with Crippen molar-refractivity contribution in [1.82, 2.24) is 5.32 Å². The molecule has 0 saturated carbocycles. The van der Waals surface area contributed by atoms with Gasteiger partial charge in [-0.1, -0.05) is 35.9 Å². The molecule has 0 radical (unpaired) electrons. The zero-order valence-corrected chi connectivity index (χ0v) is 14.7. The molecule has 0 aliphatic carbocycles. The van der Waals surface area contributed by atoms with Crippen LogP contribution < -0.4 is 5.32 Å². The van der Waals surface area contributed by atoms with Crippen LogP contribution in [-0.2, 0) is 9.53 Å². The fourth-order valence-corrected chi connectivity index (χ4v) is 2.67. The Hall–Kier alpha value is -1.85. The summed E-state index contributed by atoms with van der Waals surface area (Å²) in [5, 5.41) is 3.45. The molecule has 23 heavy (non-hydrogen) atoms. The molecule has 0 spiro atoms. The third-order valence-electron chi connectivity index (χ3n) is 3.29. The van der Waals surface area contributed by atoms with E-state index in [0.29, 0.717) is 15.1 Å². The van der Waals surface area contributed by atoms with Crippen LogP contribution in [0, 0.1) is 0 Å². The molecule has 4 nitrogen and oxygen atoms in total. The summed E-state index contributed by atoms with van der Waals surface area (Å²) in [7, 11) is 1.32. The Morgan fingerprint density at radius 1 is 1.17 bits per heavy atom. The normalized spacial score (nSPS) is 11.6. The maximum atomic E-state index is 12.5. The van der Waals surface area contributed by atoms with Crippen LogP contribution in [0.4, 0.5) is 0 Å². The highest BCUT2D eigenvalue weighted by atomic mass is 79.9. The van der Waals surface area contributed by atoms with E-state index >= 15 is 0 Å². The van der Waals surface area contributed by atoms with E-state index in [9.17, 15) is 9.59 Å². The smallest absolute Gasteiger partial charge is 0.307 e. The second-order valence-electron chi connectivity index (χ2n) is 4.84. The molecule has 0 aromatic heterocycles. The number of carbonyl (C=O) groups excluding carboxylic acids is 2. The van der Waals surface area contributed by atoms with Gasteiger partial charge in [0.15, 0.2) is 0 Å². The number of nitrogens with one attached hydrogen (secondary N) is 1. The summed E-state index contributed by atoms with van der Waals surface area (Å²) in [5.74, 6) is -0.682. The minimum atomic E-state index is -0.501. The van der Waals surface area contributed by atoms with Crippen molar-refractivity contribution in [1.29, 1.82) is 0 Å². The van der Waals surface area contributed by atoms with Gasteiger partial charge in [0.2, 0.25) is 0 Å². The first-order valence-electron chi connectivity index (χ1n) is 6.89. The van der Waals surface area contributed by atoms with Crippen molar-refractivity contribution >= 4 is 39.4 Å². The lowest BCUT2D eigenvalue weighted by molar-refractivity contribution is -0.141. The van der Waals surface area contributed by atoms with Crippen molar-refractivity contribution in [2.45, 2.75) is 12.5 Å². The molecule has 2 rings (SSSR count). The molecule has 0 fully saturated rings. The molecule has 0 saturated heterocycles. The molecule has 2 aromatic carbocycles. The first-order chi connectivity index (χ1) is 11.0. The summed E-state index contributed by atoms with van der Waals surface area (Å²) in [5.41, 5.74) is 1.27. The topological polar surface area (TPSA) is 55.4 Å². The van der Waals surface area contributed by atoms with Gasteiger partial charge in [0.05, 0.1) is 25.1 Å². The zero-order valence-electron chi connectivity index (χ0n) is 12.4. The van der Waals surface area contributed by atoms with E-state index in [-0.39, 0.29) is 12.3 Å². The molecular formula is C17H15BrClNO3. The Morgan fingerprint density at radius 2 is 1.83 bits per heavy atom. The van der Waals surface area contributed by atoms with Crippen LogP contribution >= 0.6 is 27.5 Å². The van der Waals surface area contributed by atoms with Crippen LogP contribution in [0.15, 0.2) is 53.0 Å². The molecular weight excluding hydrogens is 382 g/mol. The molecule has 0 bridgehead atoms. The Bertz CT molecular complexity index is 703.